The average Bonchev–Trinajstić information content (AvgIpc) is 2.38. The van der Waals surface area contributed by atoms with Gasteiger partial charge in [-0.05, 0) is 37.3 Å². The van der Waals surface area contributed by atoms with Crippen molar-refractivity contribution in [3.05, 3.63) is 59.7 Å². The van der Waals surface area contributed by atoms with Crippen LogP contribution in [0.1, 0.15) is 22.8 Å². The van der Waals surface area contributed by atoms with Gasteiger partial charge < -0.3 is 10.6 Å². The lowest BCUT2D eigenvalue weighted by molar-refractivity contribution is -0.114. The predicted octanol–water partition coefficient (Wildman–Crippen LogP) is 3.21. The molecule has 0 aliphatic rings. The lowest BCUT2D eigenvalue weighted by Crippen LogP contribution is -2.12. The largest absolute Gasteiger partial charge is 0.326 e. The molecule has 2 amide bonds. The third kappa shape index (κ3) is 3.68. The molecule has 0 saturated carbocycles. The van der Waals surface area contributed by atoms with Gasteiger partial charge in [0.05, 0.1) is 0 Å². The Bertz CT molecular complexity index is 650. The Balaban J connectivity index is 2.13. The first-order valence-corrected chi connectivity index (χ1v) is 6.30. The molecule has 0 aliphatic carbocycles. The first kappa shape index (κ1) is 13.8. The topological polar surface area (TPSA) is 58.2 Å². The standard InChI is InChI=1S/C16H16N2O2/c1-11-5-3-6-13(9-11)16(20)18-15-8-4-7-14(10-15)17-12(2)19/h3-10H,1-2H3,(H,17,19)(H,18,20). The number of rotatable bonds is 3. The summed E-state index contributed by atoms with van der Waals surface area (Å²) in [5.74, 6) is -0.319. The zero-order chi connectivity index (χ0) is 14.5. The van der Waals surface area contributed by atoms with Gasteiger partial charge in [-0.3, -0.25) is 9.59 Å². The van der Waals surface area contributed by atoms with Gasteiger partial charge in [-0.25, -0.2) is 0 Å². The molecular formula is C16H16N2O2. The van der Waals surface area contributed by atoms with Gasteiger partial charge in [0.25, 0.3) is 5.91 Å². The summed E-state index contributed by atoms with van der Waals surface area (Å²) in [6.45, 7) is 3.38. The molecule has 0 fully saturated rings. The van der Waals surface area contributed by atoms with Gasteiger partial charge in [0.1, 0.15) is 0 Å². The average molecular weight is 268 g/mol. The van der Waals surface area contributed by atoms with E-state index < -0.39 is 0 Å². The second kappa shape index (κ2) is 6.02. The van der Waals surface area contributed by atoms with E-state index in [2.05, 4.69) is 10.6 Å². The second-order valence-electron chi connectivity index (χ2n) is 4.59. The number of hydrogen-bond donors (Lipinski definition) is 2. The van der Waals surface area contributed by atoms with Crippen LogP contribution in [0.15, 0.2) is 48.5 Å². The van der Waals surface area contributed by atoms with Crippen molar-refractivity contribution < 1.29 is 9.59 Å². The highest BCUT2D eigenvalue weighted by Crippen LogP contribution is 2.16. The van der Waals surface area contributed by atoms with E-state index >= 15 is 0 Å². The van der Waals surface area contributed by atoms with Crippen LogP contribution >= 0.6 is 0 Å². The minimum absolute atomic E-state index is 0.146. The van der Waals surface area contributed by atoms with Crippen LogP contribution in [0.25, 0.3) is 0 Å². The number of carbonyl (C=O) groups excluding carboxylic acids is 2. The number of amides is 2. The predicted molar refractivity (Wildman–Crippen MR) is 79.9 cm³/mol. The van der Waals surface area contributed by atoms with Crippen LogP contribution in [-0.2, 0) is 4.79 Å². The molecule has 0 aromatic heterocycles. The van der Waals surface area contributed by atoms with Crippen LogP contribution in [-0.4, -0.2) is 11.8 Å². The lowest BCUT2D eigenvalue weighted by Gasteiger charge is -2.08. The summed E-state index contributed by atoms with van der Waals surface area (Å²) in [6.07, 6.45) is 0. The molecule has 2 aromatic carbocycles. The van der Waals surface area contributed by atoms with E-state index in [1.54, 1.807) is 30.3 Å². The maximum atomic E-state index is 12.1. The molecule has 102 valence electrons. The molecule has 0 heterocycles. The molecule has 2 N–H and O–H groups in total. The Morgan fingerprint density at radius 1 is 0.900 bits per heavy atom. The highest BCUT2D eigenvalue weighted by Gasteiger charge is 2.06. The quantitative estimate of drug-likeness (QED) is 0.898. The molecular weight excluding hydrogens is 252 g/mol. The van der Waals surface area contributed by atoms with Gasteiger partial charge >= 0.3 is 0 Å². The van der Waals surface area contributed by atoms with Crippen LogP contribution in [0.4, 0.5) is 11.4 Å². The van der Waals surface area contributed by atoms with Crippen LogP contribution < -0.4 is 10.6 Å². The van der Waals surface area contributed by atoms with Crippen LogP contribution in [0.5, 0.6) is 0 Å². The smallest absolute Gasteiger partial charge is 0.255 e. The van der Waals surface area contributed by atoms with Crippen molar-refractivity contribution in [3.8, 4) is 0 Å². The van der Waals surface area contributed by atoms with E-state index in [0.717, 1.165) is 5.56 Å². The SMILES string of the molecule is CC(=O)Nc1cccc(NC(=O)c2cccc(C)c2)c1. The molecule has 0 saturated heterocycles. The molecule has 0 bridgehead atoms. The third-order valence-electron chi connectivity index (χ3n) is 2.72. The molecule has 0 aliphatic heterocycles. The number of hydrogen-bond acceptors (Lipinski definition) is 2. The number of nitrogens with one attached hydrogen (secondary N) is 2. The first-order valence-electron chi connectivity index (χ1n) is 6.30. The van der Waals surface area contributed by atoms with Crippen molar-refractivity contribution in [2.24, 2.45) is 0 Å². The van der Waals surface area contributed by atoms with E-state index in [1.807, 2.05) is 25.1 Å². The maximum absolute atomic E-state index is 12.1. The zero-order valence-electron chi connectivity index (χ0n) is 11.4. The Labute approximate surface area is 117 Å². The number of aryl methyl sites for hydroxylation is 1. The van der Waals surface area contributed by atoms with Crippen molar-refractivity contribution in [1.29, 1.82) is 0 Å². The van der Waals surface area contributed by atoms with Gasteiger partial charge in [0, 0.05) is 23.9 Å². The van der Waals surface area contributed by atoms with Crippen molar-refractivity contribution in [2.75, 3.05) is 10.6 Å². The van der Waals surface area contributed by atoms with E-state index in [9.17, 15) is 9.59 Å². The third-order valence-corrected chi connectivity index (χ3v) is 2.72. The lowest BCUT2D eigenvalue weighted by atomic mass is 10.1. The van der Waals surface area contributed by atoms with Crippen molar-refractivity contribution >= 4 is 23.2 Å². The molecule has 2 aromatic rings. The summed E-state index contributed by atoms with van der Waals surface area (Å²) in [5, 5.41) is 5.49. The number of benzene rings is 2. The highest BCUT2D eigenvalue weighted by molar-refractivity contribution is 6.04. The normalized spacial score (nSPS) is 9.90. The van der Waals surface area contributed by atoms with Gasteiger partial charge in [-0.2, -0.15) is 0 Å². The summed E-state index contributed by atoms with van der Waals surface area (Å²) >= 11 is 0. The Hall–Kier alpha value is -2.62. The monoisotopic (exact) mass is 268 g/mol. The zero-order valence-corrected chi connectivity index (χ0v) is 11.4. The molecule has 0 spiro atoms. The Kier molecular flexibility index (Phi) is 4.15. The first-order chi connectivity index (χ1) is 9.54. The fourth-order valence-electron chi connectivity index (χ4n) is 1.87. The minimum Gasteiger partial charge on any atom is -0.326 e. The van der Waals surface area contributed by atoms with Crippen LogP contribution in [0.3, 0.4) is 0 Å². The summed E-state index contributed by atoms with van der Waals surface area (Å²) in [4.78, 5) is 23.1. The summed E-state index contributed by atoms with van der Waals surface area (Å²) in [6, 6.07) is 14.4. The Morgan fingerprint density at radius 2 is 1.55 bits per heavy atom. The van der Waals surface area contributed by atoms with E-state index in [0.29, 0.717) is 16.9 Å². The highest BCUT2D eigenvalue weighted by atomic mass is 16.2. The molecule has 20 heavy (non-hydrogen) atoms. The fraction of sp³-hybridized carbons (Fsp3) is 0.125. The number of carbonyl (C=O) groups is 2. The molecule has 4 nitrogen and oxygen atoms in total. The van der Waals surface area contributed by atoms with E-state index in [-0.39, 0.29) is 11.8 Å². The molecule has 0 radical (unpaired) electrons. The van der Waals surface area contributed by atoms with Gasteiger partial charge in [0.15, 0.2) is 0 Å². The fourth-order valence-corrected chi connectivity index (χ4v) is 1.87. The van der Waals surface area contributed by atoms with Gasteiger partial charge in [-0.1, -0.05) is 23.8 Å². The minimum atomic E-state index is -0.173. The molecule has 0 unspecified atom stereocenters. The molecule has 0 atom stereocenters. The Morgan fingerprint density at radius 3 is 2.20 bits per heavy atom. The second-order valence-corrected chi connectivity index (χ2v) is 4.59. The van der Waals surface area contributed by atoms with Gasteiger partial charge in [0.2, 0.25) is 5.91 Å². The summed E-state index contributed by atoms with van der Waals surface area (Å²) in [5.41, 5.74) is 2.93. The summed E-state index contributed by atoms with van der Waals surface area (Å²) < 4.78 is 0. The van der Waals surface area contributed by atoms with Crippen LogP contribution in [0, 0.1) is 6.92 Å². The van der Waals surface area contributed by atoms with Crippen LogP contribution in [0.2, 0.25) is 0 Å². The van der Waals surface area contributed by atoms with E-state index in [4.69, 9.17) is 0 Å². The number of anilines is 2. The molecule has 2 rings (SSSR count). The van der Waals surface area contributed by atoms with Gasteiger partial charge in [-0.15, -0.1) is 0 Å². The van der Waals surface area contributed by atoms with Crippen molar-refractivity contribution in [1.82, 2.24) is 0 Å². The van der Waals surface area contributed by atoms with Crippen molar-refractivity contribution in [3.63, 3.8) is 0 Å². The van der Waals surface area contributed by atoms with E-state index in [1.165, 1.54) is 6.92 Å². The summed E-state index contributed by atoms with van der Waals surface area (Å²) in [7, 11) is 0. The molecule has 4 heteroatoms. The maximum Gasteiger partial charge on any atom is 0.255 e. The van der Waals surface area contributed by atoms with Crippen molar-refractivity contribution in [2.45, 2.75) is 13.8 Å².